The molecule has 1 unspecified atom stereocenters. The third-order valence-corrected chi connectivity index (χ3v) is 5.54. The molecule has 0 saturated heterocycles. The first kappa shape index (κ1) is 23.8. The lowest BCUT2D eigenvalue weighted by Gasteiger charge is -2.26. The number of likely N-dealkylation sites (N-methyl/N-ethyl adjacent to an activating group) is 1. The van der Waals surface area contributed by atoms with Gasteiger partial charge in [0.1, 0.15) is 6.04 Å². The molecule has 0 aliphatic heterocycles. The van der Waals surface area contributed by atoms with E-state index in [1.807, 2.05) is 42.5 Å². The Hall–Kier alpha value is -2.83. The molecule has 0 fully saturated rings. The summed E-state index contributed by atoms with van der Waals surface area (Å²) >= 11 is 6.04. The summed E-state index contributed by atoms with van der Waals surface area (Å²) in [5.41, 5.74) is 1.87. The van der Waals surface area contributed by atoms with Crippen molar-refractivity contribution in [2.75, 3.05) is 7.05 Å². The average Bonchev–Trinajstić information content (AvgIpc) is 2.80. The number of carbonyl (C=O) groups is 1. The van der Waals surface area contributed by atoms with E-state index in [4.69, 9.17) is 11.6 Å². The first-order valence-electron chi connectivity index (χ1n) is 10.2. The molecule has 168 valence electrons. The lowest BCUT2D eigenvalue weighted by molar-refractivity contribution is -0.137. The van der Waals surface area contributed by atoms with Crippen LogP contribution in [-0.2, 0) is 17.4 Å². The Balaban J connectivity index is 1.83. The van der Waals surface area contributed by atoms with E-state index in [2.05, 4.69) is 10.6 Å². The topological polar surface area (TPSA) is 41.1 Å². The monoisotopic (exact) mass is 460 g/mol. The highest BCUT2D eigenvalue weighted by molar-refractivity contribution is 6.30. The number of carbonyl (C=O) groups excluding carboxylic acids is 1. The molecule has 0 aromatic heterocycles. The zero-order valence-electron chi connectivity index (χ0n) is 17.5. The Labute approximate surface area is 190 Å². The van der Waals surface area contributed by atoms with Gasteiger partial charge < -0.3 is 5.32 Å². The molecule has 0 radical (unpaired) electrons. The Bertz CT molecular complexity index is 1010. The van der Waals surface area contributed by atoms with Crippen molar-refractivity contribution in [1.82, 2.24) is 10.6 Å². The number of rotatable bonds is 8. The fraction of sp³-hybridized carbons (Fsp3) is 0.240. The molecule has 0 bridgehead atoms. The molecule has 1 amide bonds. The van der Waals surface area contributed by atoms with Crippen LogP contribution in [0.15, 0.2) is 78.9 Å². The predicted molar refractivity (Wildman–Crippen MR) is 120 cm³/mol. The zero-order valence-corrected chi connectivity index (χ0v) is 18.3. The molecule has 0 aliphatic carbocycles. The maximum Gasteiger partial charge on any atom is 0.416 e. The number of amides is 1. The molecule has 2 atom stereocenters. The van der Waals surface area contributed by atoms with Crippen LogP contribution < -0.4 is 10.6 Å². The maximum absolute atomic E-state index is 12.8. The Morgan fingerprint density at radius 2 is 1.53 bits per heavy atom. The van der Waals surface area contributed by atoms with E-state index in [-0.39, 0.29) is 11.9 Å². The molecule has 0 saturated carbocycles. The van der Waals surface area contributed by atoms with E-state index in [0.717, 1.165) is 28.8 Å². The summed E-state index contributed by atoms with van der Waals surface area (Å²) in [6.07, 6.45) is -3.25. The van der Waals surface area contributed by atoms with Crippen molar-refractivity contribution in [2.45, 2.75) is 31.1 Å². The van der Waals surface area contributed by atoms with Gasteiger partial charge >= 0.3 is 6.18 Å². The predicted octanol–water partition coefficient (Wildman–Crippen LogP) is 6.11. The van der Waals surface area contributed by atoms with Crippen LogP contribution in [0.3, 0.4) is 0 Å². The minimum absolute atomic E-state index is 0.176. The highest BCUT2D eigenvalue weighted by Crippen LogP contribution is 2.30. The summed E-state index contributed by atoms with van der Waals surface area (Å²) in [5.74, 6) is -0.176. The molecule has 0 spiro atoms. The fourth-order valence-corrected chi connectivity index (χ4v) is 3.65. The van der Waals surface area contributed by atoms with Crippen molar-refractivity contribution in [1.29, 1.82) is 0 Å². The van der Waals surface area contributed by atoms with Crippen molar-refractivity contribution in [2.24, 2.45) is 0 Å². The van der Waals surface area contributed by atoms with Crippen LogP contribution in [0.2, 0.25) is 5.02 Å². The van der Waals surface area contributed by atoms with E-state index in [0.29, 0.717) is 17.9 Å². The molecule has 2 N–H and O–H groups in total. The van der Waals surface area contributed by atoms with E-state index >= 15 is 0 Å². The first-order valence-corrected chi connectivity index (χ1v) is 10.6. The van der Waals surface area contributed by atoms with Gasteiger partial charge in [-0.1, -0.05) is 66.2 Å². The van der Waals surface area contributed by atoms with E-state index in [1.165, 1.54) is 12.1 Å². The van der Waals surface area contributed by atoms with Crippen LogP contribution in [0.1, 0.15) is 40.8 Å². The van der Waals surface area contributed by atoms with Crippen molar-refractivity contribution < 1.29 is 18.0 Å². The van der Waals surface area contributed by atoms with Crippen LogP contribution in [0.4, 0.5) is 13.2 Å². The third kappa shape index (κ3) is 6.34. The standard InChI is InChI=1S/C25H24ClF3N2O/c1-30-24(32)23(19-5-3-2-4-6-19)31-22(18-10-14-21(26)15-11-18)16-9-17-7-12-20(13-8-17)25(27,28)29/h2-8,10-15,22-23,31H,9,16H2,1H3,(H,30,32)/t22-,23?/m1/s1. The Morgan fingerprint density at radius 1 is 0.906 bits per heavy atom. The molecular weight excluding hydrogens is 437 g/mol. The molecule has 7 heteroatoms. The van der Waals surface area contributed by atoms with Crippen molar-refractivity contribution in [3.8, 4) is 0 Å². The van der Waals surface area contributed by atoms with Gasteiger partial charge in [-0.05, 0) is 53.8 Å². The lowest BCUT2D eigenvalue weighted by atomic mass is 9.96. The number of hydrogen-bond donors (Lipinski definition) is 2. The van der Waals surface area contributed by atoms with Crippen LogP contribution in [-0.4, -0.2) is 13.0 Å². The number of halogens is 4. The van der Waals surface area contributed by atoms with E-state index in [9.17, 15) is 18.0 Å². The number of hydrogen-bond acceptors (Lipinski definition) is 2. The summed E-state index contributed by atoms with van der Waals surface area (Å²) in [6, 6.07) is 21.1. The second-order valence-electron chi connectivity index (χ2n) is 7.46. The summed E-state index contributed by atoms with van der Waals surface area (Å²) in [4.78, 5) is 12.6. The summed E-state index contributed by atoms with van der Waals surface area (Å²) in [7, 11) is 1.58. The van der Waals surface area contributed by atoms with Gasteiger partial charge in [-0.15, -0.1) is 0 Å². The largest absolute Gasteiger partial charge is 0.416 e. The van der Waals surface area contributed by atoms with Crippen LogP contribution >= 0.6 is 11.6 Å². The summed E-state index contributed by atoms with van der Waals surface area (Å²) < 4.78 is 38.5. The molecule has 3 rings (SSSR count). The normalized spacial score (nSPS) is 13.4. The minimum atomic E-state index is -4.36. The second-order valence-corrected chi connectivity index (χ2v) is 7.90. The second kappa shape index (κ2) is 10.7. The van der Waals surface area contributed by atoms with Crippen LogP contribution in [0.5, 0.6) is 0 Å². The van der Waals surface area contributed by atoms with Gasteiger partial charge in [0.25, 0.3) is 0 Å². The maximum atomic E-state index is 12.8. The van der Waals surface area contributed by atoms with Gasteiger partial charge in [0.15, 0.2) is 0 Å². The molecular formula is C25H24ClF3N2O. The molecule has 0 heterocycles. The van der Waals surface area contributed by atoms with Crippen molar-refractivity contribution in [3.05, 3.63) is 106 Å². The molecule has 3 aromatic carbocycles. The van der Waals surface area contributed by atoms with Crippen molar-refractivity contribution >= 4 is 17.5 Å². The highest BCUT2D eigenvalue weighted by atomic mass is 35.5. The summed E-state index contributed by atoms with van der Waals surface area (Å²) in [5, 5.41) is 6.72. The molecule has 0 aliphatic rings. The van der Waals surface area contributed by atoms with E-state index < -0.39 is 17.8 Å². The van der Waals surface area contributed by atoms with Gasteiger partial charge in [-0.2, -0.15) is 13.2 Å². The number of nitrogens with one attached hydrogen (secondary N) is 2. The number of benzene rings is 3. The molecule has 3 nitrogen and oxygen atoms in total. The molecule has 3 aromatic rings. The van der Waals surface area contributed by atoms with Crippen molar-refractivity contribution in [3.63, 3.8) is 0 Å². The number of aryl methyl sites for hydroxylation is 1. The van der Waals surface area contributed by atoms with Gasteiger partial charge in [-0.25, -0.2) is 0 Å². The Kier molecular flexibility index (Phi) is 7.94. The fourth-order valence-electron chi connectivity index (χ4n) is 3.53. The minimum Gasteiger partial charge on any atom is -0.358 e. The van der Waals surface area contributed by atoms with Gasteiger partial charge in [0.2, 0.25) is 5.91 Å². The molecule has 32 heavy (non-hydrogen) atoms. The quantitative estimate of drug-likeness (QED) is 0.426. The van der Waals surface area contributed by atoms with Crippen LogP contribution in [0.25, 0.3) is 0 Å². The SMILES string of the molecule is CNC(=O)C(N[C@H](CCc1ccc(C(F)(F)F)cc1)c1ccc(Cl)cc1)c1ccccc1. The van der Waals surface area contributed by atoms with E-state index in [1.54, 1.807) is 19.2 Å². The van der Waals surface area contributed by atoms with Gasteiger partial charge in [0, 0.05) is 18.1 Å². The summed E-state index contributed by atoms with van der Waals surface area (Å²) in [6.45, 7) is 0. The van der Waals surface area contributed by atoms with Gasteiger partial charge in [-0.3, -0.25) is 10.1 Å². The average molecular weight is 461 g/mol. The van der Waals surface area contributed by atoms with Crippen LogP contribution in [0, 0.1) is 0 Å². The van der Waals surface area contributed by atoms with Gasteiger partial charge in [0.05, 0.1) is 5.56 Å². The Morgan fingerprint density at radius 3 is 2.09 bits per heavy atom. The third-order valence-electron chi connectivity index (χ3n) is 5.28. The smallest absolute Gasteiger partial charge is 0.358 e. The lowest BCUT2D eigenvalue weighted by Crippen LogP contribution is -2.38. The number of alkyl halides is 3. The first-order chi connectivity index (χ1) is 15.3. The zero-order chi connectivity index (χ0) is 23.1. The highest BCUT2D eigenvalue weighted by Gasteiger charge is 2.30.